The molecule has 0 aromatic carbocycles. The first-order valence-electron chi connectivity index (χ1n) is 6.97. The molecule has 16 heavy (non-hydrogen) atoms. The largest absolute Gasteiger partial charge is 0.312 e. The van der Waals surface area contributed by atoms with Crippen LogP contribution in [0.4, 0.5) is 0 Å². The van der Waals surface area contributed by atoms with Crippen LogP contribution in [0.2, 0.25) is 0 Å². The zero-order valence-electron chi connectivity index (χ0n) is 10.3. The Morgan fingerprint density at radius 3 is 2.75 bits per heavy atom. The lowest BCUT2D eigenvalue weighted by Crippen LogP contribution is -2.49. The van der Waals surface area contributed by atoms with Crippen LogP contribution in [-0.2, 0) is 0 Å². The summed E-state index contributed by atoms with van der Waals surface area (Å²) < 4.78 is 0. The summed E-state index contributed by atoms with van der Waals surface area (Å²) in [5.74, 6) is 1.38. The molecular formula is C13H24N2S. The first-order valence-corrected chi connectivity index (χ1v) is 8.02. The van der Waals surface area contributed by atoms with E-state index in [1.54, 1.807) is 0 Å². The van der Waals surface area contributed by atoms with Gasteiger partial charge in [0.2, 0.25) is 0 Å². The van der Waals surface area contributed by atoms with Crippen LogP contribution in [-0.4, -0.2) is 47.1 Å². The van der Waals surface area contributed by atoms with Gasteiger partial charge in [-0.25, -0.2) is 0 Å². The number of hydrogen-bond acceptors (Lipinski definition) is 3. The Morgan fingerprint density at radius 1 is 1.12 bits per heavy atom. The lowest BCUT2D eigenvalue weighted by molar-refractivity contribution is 0.153. The van der Waals surface area contributed by atoms with Crippen molar-refractivity contribution in [3.05, 3.63) is 0 Å². The number of rotatable bonds is 2. The second-order valence-electron chi connectivity index (χ2n) is 5.58. The molecule has 4 unspecified atom stereocenters. The summed E-state index contributed by atoms with van der Waals surface area (Å²) >= 11 is 2.17. The average molecular weight is 240 g/mol. The Hall–Kier alpha value is 0.270. The van der Waals surface area contributed by atoms with Gasteiger partial charge in [0.15, 0.2) is 0 Å². The molecule has 3 heterocycles. The summed E-state index contributed by atoms with van der Waals surface area (Å²) in [4.78, 5) is 2.85. The fourth-order valence-electron chi connectivity index (χ4n) is 3.85. The van der Waals surface area contributed by atoms with Gasteiger partial charge in [-0.05, 0) is 50.9 Å². The number of hydrogen-bond donors (Lipinski definition) is 1. The Kier molecular flexibility index (Phi) is 3.46. The quantitative estimate of drug-likeness (QED) is 0.796. The molecular weight excluding hydrogens is 216 g/mol. The molecule has 1 N–H and O–H groups in total. The van der Waals surface area contributed by atoms with E-state index in [1.807, 2.05) is 0 Å². The maximum absolute atomic E-state index is 3.72. The molecule has 0 radical (unpaired) electrons. The van der Waals surface area contributed by atoms with E-state index in [0.29, 0.717) is 0 Å². The van der Waals surface area contributed by atoms with Gasteiger partial charge in [0.05, 0.1) is 0 Å². The van der Waals surface area contributed by atoms with Gasteiger partial charge in [0, 0.05) is 23.4 Å². The third kappa shape index (κ3) is 2.02. The Bertz CT molecular complexity index is 240. The van der Waals surface area contributed by atoms with Crippen LogP contribution >= 0.6 is 11.8 Å². The summed E-state index contributed by atoms with van der Waals surface area (Å²) in [6, 6.07) is 2.54. The third-order valence-electron chi connectivity index (χ3n) is 4.67. The van der Waals surface area contributed by atoms with E-state index in [2.05, 4.69) is 28.9 Å². The fourth-order valence-corrected chi connectivity index (χ4v) is 5.12. The Balaban J connectivity index is 1.68. The minimum absolute atomic E-state index is 0.806. The first-order chi connectivity index (χ1) is 7.86. The molecule has 4 atom stereocenters. The van der Waals surface area contributed by atoms with Crippen molar-refractivity contribution >= 4 is 11.8 Å². The van der Waals surface area contributed by atoms with Gasteiger partial charge in [0.25, 0.3) is 0 Å². The highest BCUT2D eigenvalue weighted by Gasteiger charge is 2.40. The van der Waals surface area contributed by atoms with Gasteiger partial charge < -0.3 is 5.32 Å². The first kappa shape index (κ1) is 11.4. The summed E-state index contributed by atoms with van der Waals surface area (Å²) in [6.45, 7) is 5.04. The Labute approximate surface area is 104 Å². The van der Waals surface area contributed by atoms with Gasteiger partial charge >= 0.3 is 0 Å². The van der Waals surface area contributed by atoms with Crippen LogP contribution in [0.1, 0.15) is 39.0 Å². The second-order valence-corrected chi connectivity index (χ2v) is 7.07. The molecule has 0 aliphatic carbocycles. The maximum Gasteiger partial charge on any atom is 0.0253 e. The molecule has 3 rings (SSSR count). The van der Waals surface area contributed by atoms with E-state index in [0.717, 1.165) is 23.4 Å². The molecule has 0 amide bonds. The predicted molar refractivity (Wildman–Crippen MR) is 71.1 cm³/mol. The minimum atomic E-state index is 0.806. The summed E-state index contributed by atoms with van der Waals surface area (Å²) in [7, 11) is 0. The average Bonchev–Trinajstić information content (AvgIpc) is 2.95. The van der Waals surface area contributed by atoms with E-state index in [1.165, 1.54) is 50.9 Å². The smallest absolute Gasteiger partial charge is 0.0253 e. The van der Waals surface area contributed by atoms with E-state index in [9.17, 15) is 0 Å². The normalized spacial score (nSPS) is 45.6. The SMILES string of the molecule is CC1SCCC1N1CCCC1C1CCCN1. The Morgan fingerprint density at radius 2 is 2.06 bits per heavy atom. The molecule has 3 heteroatoms. The number of thioether (sulfide) groups is 1. The summed E-state index contributed by atoms with van der Waals surface area (Å²) in [6.07, 6.45) is 7.09. The molecule has 3 saturated heterocycles. The zero-order chi connectivity index (χ0) is 11.0. The number of nitrogens with one attached hydrogen (secondary N) is 1. The lowest BCUT2D eigenvalue weighted by Gasteiger charge is -2.35. The van der Waals surface area contributed by atoms with Crippen LogP contribution in [0.25, 0.3) is 0 Å². The van der Waals surface area contributed by atoms with E-state index >= 15 is 0 Å². The molecule has 92 valence electrons. The molecule has 0 bridgehead atoms. The highest BCUT2D eigenvalue weighted by molar-refractivity contribution is 8.00. The molecule has 3 aliphatic heterocycles. The van der Waals surface area contributed by atoms with Gasteiger partial charge in [-0.1, -0.05) is 6.92 Å². The highest BCUT2D eigenvalue weighted by Crippen LogP contribution is 2.36. The predicted octanol–water partition coefficient (Wildman–Crippen LogP) is 2.10. The van der Waals surface area contributed by atoms with Crippen molar-refractivity contribution < 1.29 is 0 Å². The highest BCUT2D eigenvalue weighted by atomic mass is 32.2. The molecule has 2 nitrogen and oxygen atoms in total. The maximum atomic E-state index is 3.72. The van der Waals surface area contributed by atoms with Gasteiger partial charge in [0.1, 0.15) is 0 Å². The third-order valence-corrected chi connectivity index (χ3v) is 5.98. The van der Waals surface area contributed by atoms with Gasteiger partial charge in [-0.2, -0.15) is 11.8 Å². The van der Waals surface area contributed by atoms with Crippen molar-refractivity contribution in [2.45, 2.75) is 62.4 Å². The minimum Gasteiger partial charge on any atom is -0.312 e. The van der Waals surface area contributed by atoms with Crippen LogP contribution in [0.3, 0.4) is 0 Å². The molecule has 0 spiro atoms. The van der Waals surface area contributed by atoms with Crippen molar-refractivity contribution in [1.82, 2.24) is 10.2 Å². The van der Waals surface area contributed by atoms with E-state index < -0.39 is 0 Å². The van der Waals surface area contributed by atoms with Crippen LogP contribution in [0.5, 0.6) is 0 Å². The zero-order valence-corrected chi connectivity index (χ0v) is 11.1. The number of likely N-dealkylation sites (tertiary alicyclic amines) is 1. The standard InChI is InChI=1S/C13H24N2S/c1-10-12(6-9-16-10)15-8-3-5-13(15)11-4-2-7-14-11/h10-14H,2-9H2,1H3. The molecule has 3 aliphatic rings. The summed E-state index contributed by atoms with van der Waals surface area (Å²) in [5.41, 5.74) is 0. The van der Waals surface area contributed by atoms with Crippen molar-refractivity contribution in [1.29, 1.82) is 0 Å². The molecule has 0 aromatic heterocycles. The van der Waals surface area contributed by atoms with Crippen LogP contribution < -0.4 is 5.32 Å². The molecule has 0 saturated carbocycles. The molecule has 0 aromatic rings. The van der Waals surface area contributed by atoms with Crippen molar-refractivity contribution in [2.24, 2.45) is 0 Å². The topological polar surface area (TPSA) is 15.3 Å². The van der Waals surface area contributed by atoms with Crippen LogP contribution in [0, 0.1) is 0 Å². The molecule has 3 fully saturated rings. The fraction of sp³-hybridized carbons (Fsp3) is 1.00. The monoisotopic (exact) mass is 240 g/mol. The van der Waals surface area contributed by atoms with Gasteiger partial charge in [-0.3, -0.25) is 4.90 Å². The van der Waals surface area contributed by atoms with E-state index in [4.69, 9.17) is 0 Å². The number of nitrogens with zero attached hydrogens (tertiary/aromatic N) is 1. The van der Waals surface area contributed by atoms with Crippen molar-refractivity contribution in [3.8, 4) is 0 Å². The lowest BCUT2D eigenvalue weighted by atomic mass is 10.0. The van der Waals surface area contributed by atoms with Crippen molar-refractivity contribution in [2.75, 3.05) is 18.8 Å². The second kappa shape index (κ2) is 4.87. The summed E-state index contributed by atoms with van der Waals surface area (Å²) in [5, 5.41) is 4.58. The van der Waals surface area contributed by atoms with Crippen molar-refractivity contribution in [3.63, 3.8) is 0 Å². The van der Waals surface area contributed by atoms with E-state index in [-0.39, 0.29) is 0 Å². The van der Waals surface area contributed by atoms with Crippen LogP contribution in [0.15, 0.2) is 0 Å². The van der Waals surface area contributed by atoms with Gasteiger partial charge in [-0.15, -0.1) is 0 Å².